The lowest BCUT2D eigenvalue weighted by atomic mass is 10.3. The lowest BCUT2D eigenvalue weighted by Gasteiger charge is -2.00. The molecule has 0 radical (unpaired) electrons. The van der Waals surface area contributed by atoms with Crippen LogP contribution in [0.1, 0.15) is 17.3 Å². The molecule has 1 N–H and O–H groups in total. The van der Waals surface area contributed by atoms with Gasteiger partial charge in [0.05, 0.1) is 12.8 Å². The van der Waals surface area contributed by atoms with Crippen molar-refractivity contribution in [2.24, 2.45) is 0 Å². The summed E-state index contributed by atoms with van der Waals surface area (Å²) in [5, 5.41) is 2.86. The fraction of sp³-hybridized carbons (Fsp3) is 0.222. The van der Waals surface area contributed by atoms with Crippen molar-refractivity contribution in [1.29, 1.82) is 0 Å². The normalized spacial score (nSPS) is 10.6. The van der Waals surface area contributed by atoms with Crippen LogP contribution >= 0.6 is 11.6 Å². The summed E-state index contributed by atoms with van der Waals surface area (Å²) >= 11 is 5.64. The molecule has 16 heavy (non-hydrogen) atoms. The molecule has 0 unspecified atom stereocenters. The van der Waals surface area contributed by atoms with Crippen molar-refractivity contribution < 1.29 is 9.53 Å². The minimum atomic E-state index is -0.676. The van der Waals surface area contributed by atoms with Crippen molar-refractivity contribution in [3.63, 3.8) is 0 Å². The molecule has 7 heteroatoms. The molecule has 2 aromatic heterocycles. The van der Waals surface area contributed by atoms with E-state index in [0.717, 1.165) is 0 Å². The molecule has 2 heterocycles. The molecule has 0 aromatic carbocycles. The van der Waals surface area contributed by atoms with Crippen LogP contribution in [0.15, 0.2) is 17.2 Å². The lowest BCUT2D eigenvalue weighted by molar-refractivity contribution is 0.0524. The molecule has 0 atom stereocenters. The Morgan fingerprint density at radius 2 is 2.44 bits per heavy atom. The summed E-state index contributed by atoms with van der Waals surface area (Å²) in [6.07, 6.45) is 2.71. The van der Waals surface area contributed by atoms with E-state index in [1.165, 1.54) is 16.9 Å². The maximum Gasteiger partial charge on any atom is 0.343 e. The number of hydrogen-bond donors (Lipinski definition) is 1. The quantitative estimate of drug-likeness (QED) is 0.791. The van der Waals surface area contributed by atoms with E-state index in [0.29, 0.717) is 0 Å². The first-order valence-electron chi connectivity index (χ1n) is 4.57. The molecular weight excluding hydrogens is 234 g/mol. The van der Waals surface area contributed by atoms with Crippen molar-refractivity contribution in [2.45, 2.75) is 6.92 Å². The Bertz CT molecular complexity index is 602. The van der Waals surface area contributed by atoms with Crippen LogP contribution in [-0.4, -0.2) is 27.2 Å². The minimum Gasteiger partial charge on any atom is -0.462 e. The molecule has 6 nitrogen and oxygen atoms in total. The molecule has 0 saturated heterocycles. The van der Waals surface area contributed by atoms with Crippen LogP contribution in [0.25, 0.3) is 5.65 Å². The van der Waals surface area contributed by atoms with Gasteiger partial charge in [-0.15, -0.1) is 0 Å². The summed E-state index contributed by atoms with van der Waals surface area (Å²) < 4.78 is 6.08. The fourth-order valence-electron chi connectivity index (χ4n) is 1.29. The van der Waals surface area contributed by atoms with Gasteiger partial charge in [0.1, 0.15) is 10.7 Å². The van der Waals surface area contributed by atoms with Crippen molar-refractivity contribution >= 4 is 23.2 Å². The van der Waals surface area contributed by atoms with Crippen molar-refractivity contribution in [1.82, 2.24) is 14.6 Å². The first-order valence-corrected chi connectivity index (χ1v) is 4.94. The molecule has 84 valence electrons. The predicted molar refractivity (Wildman–Crippen MR) is 56.8 cm³/mol. The number of aromatic nitrogens is 3. The summed E-state index contributed by atoms with van der Waals surface area (Å²) in [6, 6.07) is 0. The number of aromatic amines is 1. The van der Waals surface area contributed by atoms with Gasteiger partial charge in [0.2, 0.25) is 11.1 Å². The van der Waals surface area contributed by atoms with Crippen molar-refractivity contribution in [2.75, 3.05) is 6.61 Å². The second kappa shape index (κ2) is 3.97. The van der Waals surface area contributed by atoms with E-state index in [1.807, 2.05) is 0 Å². The Morgan fingerprint density at radius 3 is 3.12 bits per heavy atom. The van der Waals surface area contributed by atoms with Gasteiger partial charge in [0.25, 0.3) is 0 Å². The van der Waals surface area contributed by atoms with Gasteiger partial charge in [-0.2, -0.15) is 0 Å². The molecule has 0 aliphatic rings. The number of hydrogen-bond acceptors (Lipinski definition) is 4. The Hall–Kier alpha value is -1.82. The van der Waals surface area contributed by atoms with Gasteiger partial charge in [-0.3, -0.25) is 9.89 Å². The molecule has 0 aliphatic heterocycles. The lowest BCUT2D eigenvalue weighted by Crippen LogP contribution is -2.20. The van der Waals surface area contributed by atoms with E-state index in [2.05, 4.69) is 10.1 Å². The SMILES string of the molecule is CCOC(=O)c1c[nH]n2cc(Cl)nc2c1=O. The highest BCUT2D eigenvalue weighted by Gasteiger charge is 2.15. The fourth-order valence-corrected chi connectivity index (χ4v) is 1.47. The molecule has 0 aliphatic carbocycles. The number of fused-ring (bicyclic) bond motifs is 1. The highest BCUT2D eigenvalue weighted by molar-refractivity contribution is 6.29. The van der Waals surface area contributed by atoms with Crippen LogP contribution in [0.5, 0.6) is 0 Å². The van der Waals surface area contributed by atoms with Gasteiger partial charge in [-0.1, -0.05) is 11.6 Å². The van der Waals surface area contributed by atoms with Crippen molar-refractivity contribution in [3.05, 3.63) is 33.3 Å². The van der Waals surface area contributed by atoms with E-state index < -0.39 is 11.4 Å². The third-order valence-electron chi connectivity index (χ3n) is 1.97. The average molecular weight is 242 g/mol. The van der Waals surface area contributed by atoms with E-state index in [9.17, 15) is 9.59 Å². The van der Waals surface area contributed by atoms with Crippen LogP contribution < -0.4 is 5.43 Å². The molecule has 2 rings (SSSR count). The first kappa shape index (κ1) is 10.7. The Labute approximate surface area is 94.8 Å². The van der Waals surface area contributed by atoms with Crippen LogP contribution in [0, 0.1) is 0 Å². The molecule has 2 aromatic rings. The van der Waals surface area contributed by atoms with Crippen LogP contribution in [-0.2, 0) is 4.74 Å². The number of rotatable bonds is 2. The molecule has 0 saturated carbocycles. The molecule has 0 fully saturated rings. The monoisotopic (exact) mass is 241 g/mol. The van der Waals surface area contributed by atoms with E-state index in [1.54, 1.807) is 6.92 Å². The highest BCUT2D eigenvalue weighted by Crippen LogP contribution is 2.06. The summed E-state index contributed by atoms with van der Waals surface area (Å²) in [4.78, 5) is 27.0. The highest BCUT2D eigenvalue weighted by atomic mass is 35.5. The third-order valence-corrected chi connectivity index (χ3v) is 2.15. The zero-order valence-corrected chi connectivity index (χ0v) is 9.11. The number of nitrogens with zero attached hydrogens (tertiary/aromatic N) is 2. The number of nitrogens with one attached hydrogen (secondary N) is 1. The van der Waals surface area contributed by atoms with Gasteiger partial charge in [-0.25, -0.2) is 14.3 Å². The number of halogens is 1. The summed E-state index contributed by atoms with van der Waals surface area (Å²) in [6.45, 7) is 1.87. The number of H-pyrrole nitrogens is 1. The average Bonchev–Trinajstić information content (AvgIpc) is 2.60. The second-order valence-corrected chi connectivity index (χ2v) is 3.38. The number of esters is 1. The Morgan fingerprint density at radius 1 is 1.69 bits per heavy atom. The Kier molecular flexibility index (Phi) is 2.66. The largest absolute Gasteiger partial charge is 0.462 e. The zero-order valence-electron chi connectivity index (χ0n) is 8.36. The topological polar surface area (TPSA) is 76.5 Å². The van der Waals surface area contributed by atoms with Gasteiger partial charge in [-0.05, 0) is 6.92 Å². The smallest absolute Gasteiger partial charge is 0.343 e. The number of ether oxygens (including phenoxy) is 1. The number of carbonyl (C=O) groups is 1. The van der Waals surface area contributed by atoms with Crippen LogP contribution in [0.4, 0.5) is 0 Å². The summed E-state index contributed by atoms with van der Waals surface area (Å²) in [5.74, 6) is -0.676. The summed E-state index contributed by atoms with van der Waals surface area (Å²) in [7, 11) is 0. The molecule has 0 spiro atoms. The maximum absolute atomic E-state index is 11.8. The Balaban J connectivity index is 2.60. The predicted octanol–water partition coefficient (Wildman–Crippen LogP) is 0.853. The summed E-state index contributed by atoms with van der Waals surface area (Å²) in [5.41, 5.74) is -0.531. The third kappa shape index (κ3) is 1.67. The van der Waals surface area contributed by atoms with Gasteiger partial charge in [0, 0.05) is 6.20 Å². The molecule has 0 amide bonds. The minimum absolute atomic E-state index is 0.0653. The maximum atomic E-state index is 11.8. The van der Waals surface area contributed by atoms with Crippen LogP contribution in [0.3, 0.4) is 0 Å². The standard InChI is InChI=1S/C9H8ClN3O3/c1-2-16-9(15)5-3-11-13-4-6(10)12-8(13)7(5)14/h3-4,11H,2H2,1H3. The van der Waals surface area contributed by atoms with Gasteiger partial charge in [0.15, 0.2) is 0 Å². The molecule has 0 bridgehead atoms. The van der Waals surface area contributed by atoms with Gasteiger partial charge >= 0.3 is 5.97 Å². The van der Waals surface area contributed by atoms with Crippen LogP contribution in [0.2, 0.25) is 5.15 Å². The zero-order chi connectivity index (χ0) is 11.7. The van der Waals surface area contributed by atoms with Gasteiger partial charge < -0.3 is 4.74 Å². The molecular formula is C9H8ClN3O3. The number of carbonyl (C=O) groups excluding carboxylic acids is 1. The second-order valence-electron chi connectivity index (χ2n) is 2.99. The van der Waals surface area contributed by atoms with E-state index in [4.69, 9.17) is 16.3 Å². The van der Waals surface area contributed by atoms with E-state index >= 15 is 0 Å². The number of imidazole rings is 1. The van der Waals surface area contributed by atoms with E-state index in [-0.39, 0.29) is 23.0 Å². The van der Waals surface area contributed by atoms with Crippen molar-refractivity contribution in [3.8, 4) is 0 Å². The first-order chi connectivity index (χ1) is 7.63.